The molecule has 0 saturated heterocycles. The molecule has 28 heavy (non-hydrogen) atoms. The molecule has 2 aromatic heterocycles. The molecule has 3 rings (SSSR count). The molecule has 0 fully saturated rings. The zero-order chi connectivity index (χ0) is 18.0. The van der Waals surface area contributed by atoms with Gasteiger partial charge < -0.3 is 25.7 Å². The summed E-state index contributed by atoms with van der Waals surface area (Å²) in [6.45, 7) is 0.202. The van der Waals surface area contributed by atoms with E-state index in [4.69, 9.17) is 4.74 Å². The minimum absolute atomic E-state index is 0. The average molecular weight is 423 g/mol. The van der Waals surface area contributed by atoms with E-state index in [2.05, 4.69) is 15.0 Å². The quantitative estimate of drug-likeness (QED) is 0.605. The van der Waals surface area contributed by atoms with E-state index in [1.807, 2.05) is 18.2 Å². The fourth-order valence-corrected chi connectivity index (χ4v) is 3.35. The summed E-state index contributed by atoms with van der Waals surface area (Å²) in [4.78, 5) is 11.3. The van der Waals surface area contributed by atoms with Gasteiger partial charge in [-0.05, 0) is 25.1 Å². The van der Waals surface area contributed by atoms with Gasteiger partial charge in [-0.25, -0.2) is 0 Å². The topological polar surface area (TPSA) is 168 Å². The number of para-hydroxylation sites is 2. The van der Waals surface area contributed by atoms with Crippen LogP contribution >= 0.6 is 0 Å². The number of aromatic nitrogens is 3. The number of nitrogens with zero attached hydrogens (tertiary/aromatic N) is 2. The summed E-state index contributed by atoms with van der Waals surface area (Å²) < 4.78 is 54.2. The molecule has 0 aliphatic heterocycles. The van der Waals surface area contributed by atoms with Gasteiger partial charge in [0.15, 0.2) is 12.4 Å². The van der Waals surface area contributed by atoms with Gasteiger partial charge in [-0.2, -0.15) is 18.2 Å². The number of nitrogens with one attached hydrogen (secondary N) is 1. The van der Waals surface area contributed by atoms with Gasteiger partial charge in [0.25, 0.3) is 0 Å². The molecular weight excluding hydrogens is 403 g/mol. The van der Waals surface area contributed by atoms with Gasteiger partial charge in [0.05, 0.1) is 16.7 Å². The van der Waals surface area contributed by atoms with Crippen LogP contribution in [0.2, 0.25) is 0 Å². The molecule has 1 unspecified atom stereocenters. The van der Waals surface area contributed by atoms with E-state index < -0.39 is 24.0 Å². The fraction of sp³-hybridized carbons (Fsp3) is 0.250. The second-order valence-corrected chi connectivity index (χ2v) is 6.70. The van der Waals surface area contributed by atoms with Crippen molar-refractivity contribution in [1.29, 1.82) is 0 Å². The Labute approximate surface area is 160 Å². The number of imidazole rings is 1. The lowest BCUT2D eigenvalue weighted by molar-refractivity contribution is -0.153. The van der Waals surface area contributed by atoms with Crippen molar-refractivity contribution in [1.82, 2.24) is 15.0 Å². The Balaban J connectivity index is 0.00000243. The number of hydrogen-bond donors (Lipinski definition) is 1. The SMILES string of the molecule is Cc1c(OCC(F)(F)F)ccnc1C[S+]([O-])c1nc2ccccc2[nH]1.O.O.O. The van der Waals surface area contributed by atoms with Crippen LogP contribution < -0.4 is 4.74 Å². The highest BCUT2D eigenvalue weighted by Gasteiger charge is 2.29. The highest BCUT2D eigenvalue weighted by atomic mass is 32.2. The zero-order valence-electron chi connectivity index (χ0n) is 14.6. The standard InChI is InChI=1S/C16H14F3N3O2S.3H2O/c1-10-13(20-7-6-14(10)24-9-16(17,18)19)8-25(23)15-21-11-4-2-3-5-12(11)22-15;;;/h2-7H,8-9H2,1H3,(H,21,22);3*1H2. The zero-order valence-corrected chi connectivity index (χ0v) is 15.4. The average Bonchev–Trinajstić information content (AvgIpc) is 2.99. The van der Waals surface area contributed by atoms with Crippen LogP contribution in [0.25, 0.3) is 11.0 Å². The Morgan fingerprint density at radius 2 is 1.82 bits per heavy atom. The van der Waals surface area contributed by atoms with E-state index in [0.29, 0.717) is 21.9 Å². The van der Waals surface area contributed by atoms with Gasteiger partial charge in [-0.1, -0.05) is 12.1 Å². The molecule has 0 aliphatic carbocycles. The molecule has 0 aliphatic rings. The molecule has 1 aromatic carbocycles. The molecule has 8 nitrogen and oxygen atoms in total. The maximum Gasteiger partial charge on any atom is 0.422 e. The van der Waals surface area contributed by atoms with Gasteiger partial charge in [-0.15, -0.1) is 0 Å². The Morgan fingerprint density at radius 3 is 2.46 bits per heavy atom. The molecule has 1 atom stereocenters. The van der Waals surface area contributed by atoms with Crippen molar-refractivity contribution < 1.29 is 38.9 Å². The van der Waals surface area contributed by atoms with Gasteiger partial charge in [-0.3, -0.25) is 9.97 Å². The summed E-state index contributed by atoms with van der Waals surface area (Å²) in [5, 5.41) is 0.295. The molecule has 0 amide bonds. The maximum absolute atomic E-state index is 12.5. The molecular formula is C16H20F3N3O5S. The van der Waals surface area contributed by atoms with E-state index in [1.54, 1.807) is 13.0 Å². The largest absolute Gasteiger partial charge is 0.609 e. The van der Waals surface area contributed by atoms with Crippen LogP contribution in [-0.2, 0) is 16.9 Å². The predicted molar refractivity (Wildman–Crippen MR) is 97.6 cm³/mol. The van der Waals surface area contributed by atoms with Crippen molar-refractivity contribution >= 4 is 22.2 Å². The van der Waals surface area contributed by atoms with E-state index in [-0.39, 0.29) is 27.9 Å². The molecule has 0 radical (unpaired) electrons. The second kappa shape index (κ2) is 10.2. The van der Waals surface area contributed by atoms with Crippen LogP contribution in [0.1, 0.15) is 11.3 Å². The normalized spacial score (nSPS) is 11.8. The first kappa shape index (κ1) is 25.6. The molecule has 0 spiro atoms. The summed E-state index contributed by atoms with van der Waals surface area (Å²) in [6, 6.07) is 8.62. The van der Waals surface area contributed by atoms with E-state index in [0.717, 1.165) is 5.52 Å². The van der Waals surface area contributed by atoms with Gasteiger partial charge in [0.2, 0.25) is 0 Å². The number of alkyl halides is 3. The van der Waals surface area contributed by atoms with Crippen LogP contribution in [-0.4, -0.2) is 48.7 Å². The summed E-state index contributed by atoms with van der Waals surface area (Å²) in [7, 11) is 0. The van der Waals surface area contributed by atoms with Crippen LogP contribution in [0, 0.1) is 6.92 Å². The number of halogens is 3. The number of pyridine rings is 1. The summed E-state index contributed by atoms with van der Waals surface area (Å²) in [5.74, 6) is 0.0958. The predicted octanol–water partition coefficient (Wildman–Crippen LogP) is 1.04. The lowest BCUT2D eigenvalue weighted by atomic mass is 10.2. The molecule has 156 valence electrons. The van der Waals surface area contributed by atoms with Crippen molar-refractivity contribution in [3.8, 4) is 5.75 Å². The number of benzene rings is 1. The monoisotopic (exact) mass is 423 g/mol. The number of aromatic amines is 1. The molecule has 2 heterocycles. The summed E-state index contributed by atoms with van der Waals surface area (Å²) >= 11 is -1.51. The first-order valence-electron chi connectivity index (χ1n) is 7.30. The van der Waals surface area contributed by atoms with Crippen LogP contribution in [0.4, 0.5) is 13.2 Å². The van der Waals surface area contributed by atoms with E-state index in [1.165, 1.54) is 12.3 Å². The first-order valence-corrected chi connectivity index (χ1v) is 8.62. The molecule has 3 aromatic rings. The Morgan fingerprint density at radius 1 is 1.14 bits per heavy atom. The minimum atomic E-state index is -4.42. The van der Waals surface area contributed by atoms with Crippen molar-refractivity contribution in [3.05, 3.63) is 47.8 Å². The van der Waals surface area contributed by atoms with Gasteiger partial charge in [0.1, 0.15) is 5.75 Å². The number of H-pyrrole nitrogens is 1. The van der Waals surface area contributed by atoms with Crippen LogP contribution in [0.3, 0.4) is 0 Å². The Hall–Kier alpha value is -2.38. The third-order valence-corrected chi connectivity index (χ3v) is 4.66. The minimum Gasteiger partial charge on any atom is -0.609 e. The fourth-order valence-electron chi connectivity index (χ4n) is 2.25. The molecule has 7 N–H and O–H groups in total. The van der Waals surface area contributed by atoms with Crippen molar-refractivity contribution in [2.24, 2.45) is 0 Å². The smallest absolute Gasteiger partial charge is 0.422 e. The van der Waals surface area contributed by atoms with Crippen LogP contribution in [0.5, 0.6) is 5.75 Å². The van der Waals surface area contributed by atoms with E-state index in [9.17, 15) is 17.7 Å². The van der Waals surface area contributed by atoms with Crippen molar-refractivity contribution in [2.45, 2.75) is 24.0 Å². The van der Waals surface area contributed by atoms with Crippen LogP contribution in [0.15, 0.2) is 41.7 Å². The third kappa shape index (κ3) is 6.07. The van der Waals surface area contributed by atoms with E-state index >= 15 is 0 Å². The first-order chi connectivity index (χ1) is 11.8. The summed E-state index contributed by atoms with van der Waals surface area (Å²) in [6.07, 6.45) is -3.09. The van der Waals surface area contributed by atoms with Gasteiger partial charge in [0, 0.05) is 22.9 Å². The molecule has 12 heteroatoms. The number of ether oxygens (including phenoxy) is 1. The van der Waals surface area contributed by atoms with Gasteiger partial charge >= 0.3 is 11.3 Å². The third-order valence-electron chi connectivity index (χ3n) is 3.50. The molecule has 0 saturated carbocycles. The Bertz CT molecular complexity index is 858. The Kier molecular flexibility index (Phi) is 9.37. The highest BCUT2D eigenvalue weighted by molar-refractivity contribution is 7.90. The highest BCUT2D eigenvalue weighted by Crippen LogP contribution is 2.25. The van der Waals surface area contributed by atoms with Crippen molar-refractivity contribution in [2.75, 3.05) is 6.61 Å². The number of fused-ring (bicyclic) bond motifs is 1. The lowest BCUT2D eigenvalue weighted by Gasteiger charge is -2.14. The summed E-state index contributed by atoms with van der Waals surface area (Å²) in [5.41, 5.74) is 2.28. The number of rotatable bonds is 5. The number of hydrogen-bond acceptors (Lipinski definition) is 4. The maximum atomic E-state index is 12.5. The van der Waals surface area contributed by atoms with Crippen molar-refractivity contribution in [3.63, 3.8) is 0 Å². The lowest BCUT2D eigenvalue weighted by Crippen LogP contribution is -2.20. The molecule has 0 bridgehead atoms. The second-order valence-electron chi connectivity index (χ2n) is 5.33.